The lowest BCUT2D eigenvalue weighted by molar-refractivity contribution is 0.0853. The van der Waals surface area contributed by atoms with Crippen molar-refractivity contribution in [2.75, 3.05) is 38.7 Å². The number of carbonyl (C=O) groups excluding carboxylic acids is 1. The Balaban J connectivity index is 0.00000242. The molecule has 0 aromatic heterocycles. The van der Waals surface area contributed by atoms with E-state index in [2.05, 4.69) is 5.32 Å². The Hall–Kier alpha value is -1.30. The van der Waals surface area contributed by atoms with Crippen LogP contribution in [-0.2, 0) is 9.47 Å². The van der Waals surface area contributed by atoms with Crippen LogP contribution in [0.4, 0.5) is 5.69 Å². The molecule has 2 rings (SSSR count). The molecule has 0 radical (unpaired) electrons. The van der Waals surface area contributed by atoms with Gasteiger partial charge in [0.1, 0.15) is 0 Å². The second-order valence-corrected chi connectivity index (χ2v) is 5.49. The Bertz CT molecular complexity index is 476. The lowest BCUT2D eigenvalue weighted by Gasteiger charge is -2.10. The number of benzene rings is 1. The fraction of sp³-hybridized carbons (Fsp3) is 0.562. The molecule has 0 bridgehead atoms. The van der Waals surface area contributed by atoms with Crippen LogP contribution in [0.3, 0.4) is 0 Å². The zero-order valence-electron chi connectivity index (χ0n) is 13.0. The normalized spacial score (nSPS) is 17.0. The van der Waals surface area contributed by atoms with E-state index in [-0.39, 0.29) is 18.3 Å². The number of amides is 1. The van der Waals surface area contributed by atoms with Crippen LogP contribution in [0.5, 0.6) is 0 Å². The number of nitrogen functional groups attached to an aromatic ring is 1. The molecule has 1 aromatic carbocycles. The zero-order valence-corrected chi connectivity index (χ0v) is 13.8. The van der Waals surface area contributed by atoms with Gasteiger partial charge in [-0.3, -0.25) is 4.79 Å². The van der Waals surface area contributed by atoms with E-state index < -0.39 is 0 Å². The van der Waals surface area contributed by atoms with Gasteiger partial charge in [-0.25, -0.2) is 0 Å². The first-order valence-corrected chi connectivity index (χ1v) is 7.46. The molecular formula is C16H25ClN2O3. The molecule has 1 saturated heterocycles. The third-order valence-electron chi connectivity index (χ3n) is 3.63. The quantitative estimate of drug-likeness (QED) is 0.594. The zero-order chi connectivity index (χ0) is 15.1. The van der Waals surface area contributed by atoms with Crippen LogP contribution in [0, 0.1) is 12.8 Å². The van der Waals surface area contributed by atoms with Gasteiger partial charge < -0.3 is 20.5 Å². The summed E-state index contributed by atoms with van der Waals surface area (Å²) in [5.74, 6) is 0.457. The van der Waals surface area contributed by atoms with E-state index >= 15 is 0 Å². The second-order valence-electron chi connectivity index (χ2n) is 5.49. The predicted molar refractivity (Wildman–Crippen MR) is 89.5 cm³/mol. The van der Waals surface area contributed by atoms with Crippen LogP contribution in [0.2, 0.25) is 0 Å². The van der Waals surface area contributed by atoms with Crippen LogP contribution >= 0.6 is 12.4 Å². The van der Waals surface area contributed by atoms with Crippen molar-refractivity contribution in [3.05, 3.63) is 29.3 Å². The van der Waals surface area contributed by atoms with Gasteiger partial charge in [-0.05, 0) is 37.5 Å². The van der Waals surface area contributed by atoms with Crippen LogP contribution < -0.4 is 11.1 Å². The Kier molecular flexibility index (Phi) is 8.24. The number of nitrogens with one attached hydrogen (secondary N) is 1. The van der Waals surface area contributed by atoms with Crippen LogP contribution in [0.15, 0.2) is 18.2 Å². The molecule has 1 fully saturated rings. The van der Waals surface area contributed by atoms with Crippen LogP contribution in [-0.4, -0.2) is 38.9 Å². The largest absolute Gasteiger partial charge is 0.399 e. The van der Waals surface area contributed by atoms with Gasteiger partial charge in [-0.2, -0.15) is 0 Å². The molecule has 3 N–H and O–H groups in total. The van der Waals surface area contributed by atoms with Crippen molar-refractivity contribution in [1.82, 2.24) is 5.32 Å². The lowest BCUT2D eigenvalue weighted by atomic mass is 10.1. The maximum Gasteiger partial charge on any atom is 0.251 e. The van der Waals surface area contributed by atoms with Crippen molar-refractivity contribution in [3.63, 3.8) is 0 Å². The van der Waals surface area contributed by atoms with Crippen molar-refractivity contribution >= 4 is 24.0 Å². The molecule has 1 aliphatic rings. The first-order chi connectivity index (χ1) is 10.2. The maximum atomic E-state index is 12.0. The summed E-state index contributed by atoms with van der Waals surface area (Å²) in [5.41, 5.74) is 7.88. The van der Waals surface area contributed by atoms with E-state index in [4.69, 9.17) is 15.2 Å². The van der Waals surface area contributed by atoms with Gasteiger partial charge in [0, 0.05) is 36.9 Å². The van der Waals surface area contributed by atoms with Gasteiger partial charge in [-0.15, -0.1) is 12.4 Å². The number of hydrogen-bond donors (Lipinski definition) is 2. The molecule has 6 heteroatoms. The summed E-state index contributed by atoms with van der Waals surface area (Å²) in [4.78, 5) is 12.0. The Morgan fingerprint density at radius 3 is 3.05 bits per heavy atom. The molecule has 1 amide bonds. The summed E-state index contributed by atoms with van der Waals surface area (Å²) < 4.78 is 10.9. The minimum Gasteiger partial charge on any atom is -0.399 e. The number of halogens is 1. The highest BCUT2D eigenvalue weighted by atomic mass is 35.5. The number of nitrogens with two attached hydrogens (primary N) is 1. The van der Waals surface area contributed by atoms with Crippen molar-refractivity contribution < 1.29 is 14.3 Å². The van der Waals surface area contributed by atoms with E-state index in [1.54, 1.807) is 12.1 Å². The topological polar surface area (TPSA) is 73.6 Å². The van der Waals surface area contributed by atoms with Crippen LogP contribution in [0.25, 0.3) is 0 Å². The standard InChI is InChI=1S/C16H24N2O3.ClH/c1-12-3-4-14(17)9-15(12)16(19)18-6-2-7-20-10-13-5-8-21-11-13;/h3-4,9,13H,2,5-8,10-11,17H2,1H3,(H,18,19);1H. The monoisotopic (exact) mass is 328 g/mol. The van der Waals surface area contributed by atoms with E-state index in [1.165, 1.54) is 0 Å². The average Bonchev–Trinajstić information content (AvgIpc) is 2.98. The van der Waals surface area contributed by atoms with E-state index in [0.717, 1.165) is 38.2 Å². The molecule has 1 unspecified atom stereocenters. The molecule has 1 atom stereocenters. The van der Waals surface area contributed by atoms with Gasteiger partial charge in [0.15, 0.2) is 0 Å². The third-order valence-corrected chi connectivity index (χ3v) is 3.63. The fourth-order valence-corrected chi connectivity index (χ4v) is 2.32. The number of rotatable bonds is 7. The smallest absolute Gasteiger partial charge is 0.251 e. The number of aryl methyl sites for hydroxylation is 1. The SMILES string of the molecule is Cc1ccc(N)cc1C(=O)NCCCOCC1CCOC1.Cl. The average molecular weight is 329 g/mol. The molecule has 1 heterocycles. The third kappa shape index (κ3) is 5.83. The predicted octanol–water partition coefficient (Wildman–Crippen LogP) is 2.17. The molecular weight excluding hydrogens is 304 g/mol. The first-order valence-electron chi connectivity index (χ1n) is 7.46. The van der Waals surface area contributed by atoms with Crippen molar-refractivity contribution in [2.45, 2.75) is 19.8 Å². The molecule has 0 aliphatic carbocycles. The van der Waals surface area contributed by atoms with E-state index in [1.807, 2.05) is 13.0 Å². The Labute approximate surface area is 138 Å². The lowest BCUT2D eigenvalue weighted by Crippen LogP contribution is -2.26. The number of ether oxygens (including phenoxy) is 2. The minimum atomic E-state index is -0.0796. The summed E-state index contributed by atoms with van der Waals surface area (Å²) in [5, 5.41) is 2.90. The van der Waals surface area contributed by atoms with E-state index in [9.17, 15) is 4.79 Å². The molecule has 1 aromatic rings. The summed E-state index contributed by atoms with van der Waals surface area (Å²) in [6, 6.07) is 5.37. The van der Waals surface area contributed by atoms with Gasteiger partial charge in [0.25, 0.3) is 5.91 Å². The highest BCUT2D eigenvalue weighted by Crippen LogP contribution is 2.13. The number of hydrogen-bond acceptors (Lipinski definition) is 4. The second kappa shape index (κ2) is 9.66. The fourth-order valence-electron chi connectivity index (χ4n) is 2.32. The summed E-state index contributed by atoms with van der Waals surface area (Å²) in [6.45, 7) is 5.58. The van der Waals surface area contributed by atoms with Gasteiger partial charge in [-0.1, -0.05) is 6.07 Å². The molecule has 1 aliphatic heterocycles. The minimum absolute atomic E-state index is 0. The van der Waals surface area contributed by atoms with Gasteiger partial charge >= 0.3 is 0 Å². The highest BCUT2D eigenvalue weighted by molar-refractivity contribution is 5.96. The summed E-state index contributed by atoms with van der Waals surface area (Å²) in [7, 11) is 0. The molecule has 0 spiro atoms. The number of carbonyl (C=O) groups is 1. The van der Waals surface area contributed by atoms with Crippen molar-refractivity contribution in [1.29, 1.82) is 0 Å². The van der Waals surface area contributed by atoms with Crippen LogP contribution in [0.1, 0.15) is 28.8 Å². The Morgan fingerprint density at radius 1 is 1.50 bits per heavy atom. The van der Waals surface area contributed by atoms with Gasteiger partial charge in [0.2, 0.25) is 0 Å². The van der Waals surface area contributed by atoms with Crippen molar-refractivity contribution in [2.24, 2.45) is 5.92 Å². The highest BCUT2D eigenvalue weighted by Gasteiger charge is 2.15. The van der Waals surface area contributed by atoms with Crippen molar-refractivity contribution in [3.8, 4) is 0 Å². The molecule has 22 heavy (non-hydrogen) atoms. The molecule has 5 nitrogen and oxygen atoms in total. The molecule has 0 saturated carbocycles. The Morgan fingerprint density at radius 2 is 2.32 bits per heavy atom. The van der Waals surface area contributed by atoms with Gasteiger partial charge in [0.05, 0.1) is 13.2 Å². The van der Waals surface area contributed by atoms with E-state index in [0.29, 0.717) is 30.3 Å². The maximum absolute atomic E-state index is 12.0. The first kappa shape index (κ1) is 18.7. The molecule has 124 valence electrons. The summed E-state index contributed by atoms with van der Waals surface area (Å²) in [6.07, 6.45) is 1.89. The summed E-state index contributed by atoms with van der Waals surface area (Å²) >= 11 is 0. The number of anilines is 1.